The van der Waals surface area contributed by atoms with E-state index in [4.69, 9.17) is 10.2 Å². The quantitative estimate of drug-likeness (QED) is 0.243. The van der Waals surface area contributed by atoms with Gasteiger partial charge >= 0.3 is 0 Å². The SMILES string of the molecule is CCCCCCc1nc2cc(/C=C/C(=O)NO)ccn2c1NCCC(C)=O. The lowest BCUT2D eigenvalue weighted by Crippen LogP contribution is -2.14. The van der Waals surface area contributed by atoms with E-state index in [1.54, 1.807) is 18.5 Å². The lowest BCUT2D eigenvalue weighted by atomic mass is 10.1. The van der Waals surface area contributed by atoms with E-state index in [2.05, 4.69) is 12.2 Å². The molecule has 0 atom stereocenters. The normalized spacial score (nSPS) is 11.2. The summed E-state index contributed by atoms with van der Waals surface area (Å²) < 4.78 is 1.97. The zero-order valence-corrected chi connectivity index (χ0v) is 16.0. The van der Waals surface area contributed by atoms with Crippen molar-refractivity contribution >= 4 is 29.2 Å². The summed E-state index contributed by atoms with van der Waals surface area (Å²) >= 11 is 0. The van der Waals surface area contributed by atoms with Gasteiger partial charge in [0.05, 0.1) is 5.69 Å². The first kappa shape index (κ1) is 20.6. The van der Waals surface area contributed by atoms with E-state index in [-0.39, 0.29) is 5.78 Å². The molecule has 146 valence electrons. The van der Waals surface area contributed by atoms with E-state index in [1.807, 2.05) is 22.7 Å². The minimum Gasteiger partial charge on any atom is -0.369 e. The van der Waals surface area contributed by atoms with Gasteiger partial charge < -0.3 is 5.32 Å². The van der Waals surface area contributed by atoms with Crippen molar-refractivity contribution in [1.82, 2.24) is 14.9 Å². The molecule has 0 saturated heterocycles. The van der Waals surface area contributed by atoms with Crippen LogP contribution in [0.4, 0.5) is 5.82 Å². The van der Waals surface area contributed by atoms with Crippen LogP contribution in [0, 0.1) is 0 Å². The van der Waals surface area contributed by atoms with Gasteiger partial charge in [0.15, 0.2) is 0 Å². The number of ketones is 1. The molecule has 3 N–H and O–H groups in total. The van der Waals surface area contributed by atoms with E-state index in [9.17, 15) is 9.59 Å². The first-order chi connectivity index (χ1) is 13.0. The van der Waals surface area contributed by atoms with Crippen LogP contribution >= 0.6 is 0 Å². The summed E-state index contributed by atoms with van der Waals surface area (Å²) in [4.78, 5) is 27.1. The number of carbonyl (C=O) groups is 2. The lowest BCUT2D eigenvalue weighted by molar-refractivity contribution is -0.124. The van der Waals surface area contributed by atoms with Crippen LogP contribution in [0.25, 0.3) is 11.7 Å². The molecule has 0 aliphatic rings. The van der Waals surface area contributed by atoms with Crippen LogP contribution in [0.15, 0.2) is 24.4 Å². The highest BCUT2D eigenvalue weighted by molar-refractivity contribution is 5.90. The van der Waals surface area contributed by atoms with Crippen LogP contribution < -0.4 is 10.8 Å². The Kier molecular flexibility index (Phi) is 8.00. The third kappa shape index (κ3) is 6.21. The van der Waals surface area contributed by atoms with Gasteiger partial charge in [-0.2, -0.15) is 0 Å². The van der Waals surface area contributed by atoms with Crippen LogP contribution in [0.1, 0.15) is 57.2 Å². The molecular formula is C20H28N4O3. The summed E-state index contributed by atoms with van der Waals surface area (Å²) in [6.07, 6.45) is 10.8. The number of hydroxylamine groups is 1. The maximum Gasteiger partial charge on any atom is 0.267 e. The van der Waals surface area contributed by atoms with Gasteiger partial charge in [-0.3, -0.25) is 19.2 Å². The van der Waals surface area contributed by atoms with E-state index >= 15 is 0 Å². The zero-order valence-electron chi connectivity index (χ0n) is 16.0. The van der Waals surface area contributed by atoms with Gasteiger partial charge in [0.2, 0.25) is 0 Å². The number of anilines is 1. The molecule has 2 heterocycles. The molecule has 1 amide bonds. The number of fused-ring (bicyclic) bond motifs is 1. The third-order valence-electron chi connectivity index (χ3n) is 4.30. The summed E-state index contributed by atoms with van der Waals surface area (Å²) in [5.41, 5.74) is 4.14. The molecule has 0 saturated carbocycles. The predicted octanol–water partition coefficient (Wildman–Crippen LogP) is 3.37. The monoisotopic (exact) mass is 372 g/mol. The average molecular weight is 372 g/mol. The molecule has 0 spiro atoms. The largest absolute Gasteiger partial charge is 0.369 e. The highest BCUT2D eigenvalue weighted by Gasteiger charge is 2.12. The molecule has 0 aromatic carbocycles. The van der Waals surface area contributed by atoms with Crippen LogP contribution in [0.3, 0.4) is 0 Å². The fourth-order valence-corrected chi connectivity index (χ4v) is 2.86. The predicted molar refractivity (Wildman–Crippen MR) is 106 cm³/mol. The molecule has 0 aliphatic carbocycles. The van der Waals surface area contributed by atoms with Gasteiger partial charge in [0, 0.05) is 25.2 Å². The van der Waals surface area contributed by atoms with Crippen molar-refractivity contribution < 1.29 is 14.8 Å². The summed E-state index contributed by atoms with van der Waals surface area (Å²) in [5, 5.41) is 11.9. The fraction of sp³-hybridized carbons (Fsp3) is 0.450. The standard InChI is InChI=1S/C20H28N4O3/c1-3-4-5-6-7-17-20(21-12-10-15(2)25)24-13-11-16(14-18(24)22-17)8-9-19(26)23-27/h8-9,11,13-14,21,27H,3-7,10,12H2,1-2H3,(H,23,26)/b9-8+. The van der Waals surface area contributed by atoms with Crippen molar-refractivity contribution in [3.8, 4) is 0 Å². The third-order valence-corrected chi connectivity index (χ3v) is 4.30. The molecule has 2 rings (SSSR count). The maximum atomic E-state index is 11.2. The van der Waals surface area contributed by atoms with Gasteiger partial charge in [-0.1, -0.05) is 26.2 Å². The van der Waals surface area contributed by atoms with E-state index in [0.29, 0.717) is 13.0 Å². The molecular weight excluding hydrogens is 344 g/mol. The van der Waals surface area contributed by atoms with Gasteiger partial charge in [0.25, 0.3) is 5.91 Å². The Hall–Kier alpha value is -2.67. The van der Waals surface area contributed by atoms with Gasteiger partial charge in [-0.25, -0.2) is 10.5 Å². The number of imidazole rings is 1. The smallest absolute Gasteiger partial charge is 0.267 e. The molecule has 0 aliphatic heterocycles. The Morgan fingerprint density at radius 1 is 1.30 bits per heavy atom. The molecule has 7 nitrogen and oxygen atoms in total. The number of hydrogen-bond donors (Lipinski definition) is 3. The number of Topliss-reactive ketones (excluding diaryl/α,β-unsaturated/α-hetero) is 1. The van der Waals surface area contributed by atoms with Crippen LogP contribution in [0.5, 0.6) is 0 Å². The van der Waals surface area contributed by atoms with Crippen molar-refractivity contribution in [2.75, 3.05) is 11.9 Å². The maximum absolute atomic E-state index is 11.2. The van der Waals surface area contributed by atoms with E-state index in [1.165, 1.54) is 25.3 Å². The molecule has 7 heteroatoms. The molecule has 2 aromatic rings. The number of aromatic nitrogens is 2. The summed E-state index contributed by atoms with van der Waals surface area (Å²) in [7, 11) is 0. The van der Waals surface area contributed by atoms with Crippen molar-refractivity contribution in [2.24, 2.45) is 0 Å². The Balaban J connectivity index is 2.24. The lowest BCUT2D eigenvalue weighted by Gasteiger charge is -2.08. The van der Waals surface area contributed by atoms with E-state index in [0.717, 1.165) is 35.6 Å². The van der Waals surface area contributed by atoms with Gasteiger partial charge in [0.1, 0.15) is 17.2 Å². The Morgan fingerprint density at radius 3 is 2.81 bits per heavy atom. The minimum atomic E-state index is -0.582. The average Bonchev–Trinajstić information content (AvgIpc) is 2.99. The van der Waals surface area contributed by atoms with Crippen molar-refractivity contribution in [1.29, 1.82) is 0 Å². The highest BCUT2D eigenvalue weighted by Crippen LogP contribution is 2.22. The second kappa shape index (κ2) is 10.5. The molecule has 0 unspecified atom stereocenters. The fourth-order valence-electron chi connectivity index (χ4n) is 2.86. The topological polar surface area (TPSA) is 95.7 Å². The molecule has 0 bridgehead atoms. The molecule has 0 radical (unpaired) electrons. The Bertz CT molecular complexity index is 811. The zero-order chi connectivity index (χ0) is 19.6. The number of nitrogens with zero attached hydrogens (tertiary/aromatic N) is 2. The van der Waals surface area contributed by atoms with Crippen LogP contribution in [0.2, 0.25) is 0 Å². The number of aryl methyl sites for hydroxylation is 1. The molecule has 2 aromatic heterocycles. The highest BCUT2D eigenvalue weighted by atomic mass is 16.5. The van der Waals surface area contributed by atoms with Crippen molar-refractivity contribution in [3.05, 3.63) is 35.7 Å². The number of pyridine rings is 1. The second-order valence-electron chi connectivity index (χ2n) is 6.59. The number of amides is 1. The Labute approximate surface area is 159 Å². The minimum absolute atomic E-state index is 0.149. The number of unbranched alkanes of at least 4 members (excludes halogenated alkanes) is 3. The second-order valence-corrected chi connectivity index (χ2v) is 6.59. The number of hydrogen-bond acceptors (Lipinski definition) is 5. The van der Waals surface area contributed by atoms with Crippen LogP contribution in [-0.2, 0) is 16.0 Å². The summed E-state index contributed by atoms with van der Waals surface area (Å²) in [6, 6.07) is 3.75. The summed E-state index contributed by atoms with van der Waals surface area (Å²) in [5.74, 6) is 0.489. The van der Waals surface area contributed by atoms with Gasteiger partial charge in [-0.05, 0) is 43.5 Å². The molecule has 0 fully saturated rings. The number of rotatable bonds is 11. The molecule has 27 heavy (non-hydrogen) atoms. The van der Waals surface area contributed by atoms with Crippen molar-refractivity contribution in [2.45, 2.75) is 52.4 Å². The van der Waals surface area contributed by atoms with Crippen molar-refractivity contribution in [3.63, 3.8) is 0 Å². The number of carbonyl (C=O) groups excluding carboxylic acids is 2. The van der Waals surface area contributed by atoms with E-state index < -0.39 is 5.91 Å². The number of nitrogens with one attached hydrogen (secondary N) is 2. The summed E-state index contributed by atoms with van der Waals surface area (Å²) in [6.45, 7) is 4.35. The first-order valence-corrected chi connectivity index (χ1v) is 9.41. The first-order valence-electron chi connectivity index (χ1n) is 9.41. The van der Waals surface area contributed by atoms with Crippen LogP contribution in [-0.4, -0.2) is 32.8 Å². The van der Waals surface area contributed by atoms with Gasteiger partial charge in [-0.15, -0.1) is 0 Å². The Morgan fingerprint density at radius 2 is 2.11 bits per heavy atom.